The Bertz CT molecular complexity index is 644. The Labute approximate surface area is 125 Å². The predicted octanol–water partition coefficient (Wildman–Crippen LogP) is 1.70. The second-order valence-corrected chi connectivity index (χ2v) is 5.74. The maximum absolute atomic E-state index is 12.4. The number of amides is 2. The van der Waals surface area contributed by atoms with E-state index in [2.05, 4.69) is 15.5 Å². The van der Waals surface area contributed by atoms with Crippen molar-refractivity contribution in [2.45, 2.75) is 12.5 Å². The largest absolute Gasteiger partial charge is 0.338 e. The Morgan fingerprint density at radius 2 is 2.14 bits per heavy atom. The third kappa shape index (κ3) is 2.64. The van der Waals surface area contributed by atoms with Crippen molar-refractivity contribution in [3.63, 3.8) is 0 Å². The van der Waals surface area contributed by atoms with Gasteiger partial charge in [-0.1, -0.05) is 41.7 Å². The molecule has 6 nitrogen and oxygen atoms in total. The Morgan fingerprint density at radius 1 is 1.38 bits per heavy atom. The van der Waals surface area contributed by atoms with Crippen LogP contribution < -0.4 is 5.32 Å². The van der Waals surface area contributed by atoms with Crippen molar-refractivity contribution in [3.05, 3.63) is 41.4 Å². The van der Waals surface area contributed by atoms with Crippen LogP contribution in [0.3, 0.4) is 0 Å². The van der Waals surface area contributed by atoms with Gasteiger partial charge in [-0.2, -0.15) is 0 Å². The summed E-state index contributed by atoms with van der Waals surface area (Å²) in [7, 11) is 1.73. The van der Waals surface area contributed by atoms with Crippen molar-refractivity contribution in [3.8, 4) is 0 Å². The lowest BCUT2D eigenvalue weighted by molar-refractivity contribution is -0.127. The average Bonchev–Trinajstić information content (AvgIpc) is 3.09. The highest BCUT2D eigenvalue weighted by Crippen LogP contribution is 2.37. The first-order chi connectivity index (χ1) is 10.2. The van der Waals surface area contributed by atoms with Gasteiger partial charge in [-0.05, 0) is 5.56 Å². The van der Waals surface area contributed by atoms with Crippen LogP contribution in [0.15, 0.2) is 35.8 Å². The van der Waals surface area contributed by atoms with Crippen molar-refractivity contribution >= 4 is 28.3 Å². The van der Waals surface area contributed by atoms with Gasteiger partial charge >= 0.3 is 0 Å². The second kappa shape index (κ2) is 5.61. The molecule has 1 aromatic heterocycles. The molecule has 0 unspecified atom stereocenters. The van der Waals surface area contributed by atoms with E-state index in [-0.39, 0.29) is 24.3 Å². The maximum Gasteiger partial charge on any atom is 0.232 e. The van der Waals surface area contributed by atoms with Crippen LogP contribution in [0.1, 0.15) is 18.0 Å². The Kier molecular flexibility index (Phi) is 3.66. The summed E-state index contributed by atoms with van der Waals surface area (Å²) in [6.07, 6.45) is 0.209. The third-order valence-corrected chi connectivity index (χ3v) is 4.26. The van der Waals surface area contributed by atoms with Crippen molar-refractivity contribution in [2.75, 3.05) is 12.4 Å². The standard InChI is InChI=1S/C14H14N4O2S/c1-18-11(19)7-10(12(18)9-5-3-2-4-6-9)13(20)16-14-17-15-8-21-14/h2-6,8,10,12H,7H2,1H3,(H,16,17,20)/t10-,12-/m1/s1. The zero-order chi connectivity index (χ0) is 14.8. The topological polar surface area (TPSA) is 75.2 Å². The molecule has 0 saturated carbocycles. The molecule has 1 aliphatic heterocycles. The second-order valence-electron chi connectivity index (χ2n) is 4.90. The number of rotatable bonds is 3. The summed E-state index contributed by atoms with van der Waals surface area (Å²) in [5.74, 6) is -0.645. The molecule has 0 radical (unpaired) electrons. The molecule has 7 heteroatoms. The number of carbonyl (C=O) groups excluding carboxylic acids is 2. The van der Waals surface area contributed by atoms with E-state index >= 15 is 0 Å². The maximum atomic E-state index is 12.4. The van der Waals surface area contributed by atoms with E-state index in [0.29, 0.717) is 5.13 Å². The zero-order valence-corrected chi connectivity index (χ0v) is 12.2. The van der Waals surface area contributed by atoms with E-state index < -0.39 is 5.92 Å². The normalized spacial score (nSPS) is 21.6. The SMILES string of the molecule is CN1C(=O)C[C@@H](C(=O)Nc2nncs2)[C@H]1c1ccccc1. The summed E-state index contributed by atoms with van der Waals surface area (Å²) >= 11 is 1.26. The summed E-state index contributed by atoms with van der Waals surface area (Å²) in [4.78, 5) is 26.1. The van der Waals surface area contributed by atoms with Crippen LogP contribution in [0, 0.1) is 5.92 Å². The molecule has 1 aromatic carbocycles. The molecule has 2 aromatic rings. The van der Waals surface area contributed by atoms with Gasteiger partial charge in [0.2, 0.25) is 16.9 Å². The number of nitrogens with zero attached hydrogens (tertiary/aromatic N) is 3. The first kappa shape index (κ1) is 13.7. The summed E-state index contributed by atoms with van der Waals surface area (Å²) < 4.78 is 0. The van der Waals surface area contributed by atoms with Gasteiger partial charge in [0.15, 0.2) is 0 Å². The minimum atomic E-state index is -0.422. The highest BCUT2D eigenvalue weighted by Gasteiger charge is 2.42. The number of likely N-dealkylation sites (tertiary alicyclic amines) is 1. The average molecular weight is 302 g/mol. The molecule has 2 atom stereocenters. The van der Waals surface area contributed by atoms with Crippen LogP contribution in [-0.4, -0.2) is 34.0 Å². The van der Waals surface area contributed by atoms with E-state index in [9.17, 15) is 9.59 Å². The van der Waals surface area contributed by atoms with E-state index in [1.54, 1.807) is 17.5 Å². The molecule has 3 rings (SSSR count). The number of benzene rings is 1. The van der Waals surface area contributed by atoms with E-state index in [1.165, 1.54) is 11.3 Å². The number of carbonyl (C=O) groups is 2. The number of anilines is 1. The van der Waals surface area contributed by atoms with Crippen molar-refractivity contribution in [1.82, 2.24) is 15.1 Å². The molecule has 2 heterocycles. The van der Waals surface area contributed by atoms with Crippen LogP contribution in [-0.2, 0) is 9.59 Å². The number of aromatic nitrogens is 2. The quantitative estimate of drug-likeness (QED) is 0.936. The van der Waals surface area contributed by atoms with E-state index in [0.717, 1.165) is 5.56 Å². The molecular weight excluding hydrogens is 288 g/mol. The van der Waals surface area contributed by atoms with Crippen molar-refractivity contribution < 1.29 is 9.59 Å². The molecule has 1 saturated heterocycles. The molecule has 1 fully saturated rings. The lowest BCUT2D eigenvalue weighted by atomic mass is 9.93. The third-order valence-electron chi connectivity index (χ3n) is 3.65. The van der Waals surface area contributed by atoms with E-state index in [4.69, 9.17) is 0 Å². The van der Waals surface area contributed by atoms with E-state index in [1.807, 2.05) is 30.3 Å². The molecule has 108 valence electrons. The Morgan fingerprint density at radius 3 is 2.81 bits per heavy atom. The molecule has 21 heavy (non-hydrogen) atoms. The van der Waals surface area contributed by atoms with Crippen LogP contribution in [0.2, 0.25) is 0 Å². The fourth-order valence-corrected chi connectivity index (χ4v) is 3.08. The Hall–Kier alpha value is -2.28. The first-order valence-electron chi connectivity index (χ1n) is 6.54. The van der Waals surface area contributed by atoms with Crippen LogP contribution in [0.4, 0.5) is 5.13 Å². The minimum absolute atomic E-state index is 0.0266. The zero-order valence-electron chi connectivity index (χ0n) is 11.4. The highest BCUT2D eigenvalue weighted by molar-refractivity contribution is 7.13. The fourth-order valence-electron chi connectivity index (χ4n) is 2.64. The predicted molar refractivity (Wildman–Crippen MR) is 78.6 cm³/mol. The van der Waals surface area contributed by atoms with Crippen molar-refractivity contribution in [2.24, 2.45) is 5.92 Å². The summed E-state index contributed by atoms with van der Waals surface area (Å²) in [5.41, 5.74) is 2.51. The van der Waals surface area contributed by atoms with Gasteiger partial charge in [-0.3, -0.25) is 9.59 Å². The molecule has 1 N–H and O–H groups in total. The van der Waals surface area contributed by atoms with Crippen molar-refractivity contribution in [1.29, 1.82) is 0 Å². The lowest BCUT2D eigenvalue weighted by Gasteiger charge is -2.24. The lowest BCUT2D eigenvalue weighted by Crippen LogP contribution is -2.29. The van der Waals surface area contributed by atoms with Crippen LogP contribution in [0.25, 0.3) is 0 Å². The summed E-state index contributed by atoms with van der Waals surface area (Å²) in [6.45, 7) is 0. The molecule has 0 spiro atoms. The van der Waals surface area contributed by atoms with Gasteiger partial charge in [0, 0.05) is 13.5 Å². The van der Waals surface area contributed by atoms with Gasteiger partial charge < -0.3 is 10.2 Å². The molecule has 2 amide bonds. The van der Waals surface area contributed by atoms with Crippen LogP contribution in [0.5, 0.6) is 0 Å². The molecule has 1 aliphatic rings. The van der Waals surface area contributed by atoms with Gasteiger partial charge in [0.05, 0.1) is 12.0 Å². The van der Waals surface area contributed by atoms with Gasteiger partial charge in [-0.25, -0.2) is 0 Å². The van der Waals surface area contributed by atoms with Gasteiger partial charge in [0.25, 0.3) is 0 Å². The monoisotopic (exact) mass is 302 g/mol. The molecular formula is C14H14N4O2S. The summed E-state index contributed by atoms with van der Waals surface area (Å²) in [5, 5.41) is 10.7. The van der Waals surface area contributed by atoms with Crippen LogP contribution >= 0.6 is 11.3 Å². The molecule has 0 aliphatic carbocycles. The molecule has 0 bridgehead atoms. The smallest absolute Gasteiger partial charge is 0.232 e. The number of nitrogens with one attached hydrogen (secondary N) is 1. The van der Waals surface area contributed by atoms with Gasteiger partial charge in [0.1, 0.15) is 5.51 Å². The van der Waals surface area contributed by atoms with Gasteiger partial charge in [-0.15, -0.1) is 10.2 Å². The number of hydrogen-bond donors (Lipinski definition) is 1. The number of hydrogen-bond acceptors (Lipinski definition) is 5. The highest BCUT2D eigenvalue weighted by atomic mass is 32.1. The summed E-state index contributed by atoms with van der Waals surface area (Å²) in [6, 6.07) is 9.36. The Balaban J connectivity index is 1.85. The fraction of sp³-hybridized carbons (Fsp3) is 0.286. The minimum Gasteiger partial charge on any atom is -0.338 e. The first-order valence-corrected chi connectivity index (χ1v) is 7.42.